The van der Waals surface area contributed by atoms with Crippen LogP contribution in [-0.4, -0.2) is 49.5 Å². The third kappa shape index (κ3) is 5.92. The van der Waals surface area contributed by atoms with Gasteiger partial charge in [-0.15, -0.1) is 0 Å². The second-order valence-corrected chi connectivity index (χ2v) is 7.47. The Morgan fingerprint density at radius 1 is 1.28 bits per heavy atom. The summed E-state index contributed by atoms with van der Waals surface area (Å²) >= 11 is 6.11. The second-order valence-electron chi connectivity index (χ2n) is 7.03. The van der Waals surface area contributed by atoms with Crippen molar-refractivity contribution in [1.82, 2.24) is 15.5 Å². The average molecular weight is 365 g/mol. The van der Waals surface area contributed by atoms with Crippen LogP contribution in [0.5, 0.6) is 0 Å². The molecule has 0 unspecified atom stereocenters. The zero-order valence-corrected chi connectivity index (χ0v) is 16.2. The Labute approximate surface area is 155 Å². The Morgan fingerprint density at radius 2 is 2.00 bits per heavy atom. The number of nitrogens with one attached hydrogen (secondary N) is 2. The molecule has 1 aliphatic heterocycles. The van der Waals surface area contributed by atoms with Gasteiger partial charge in [0.25, 0.3) is 0 Å². The van der Waals surface area contributed by atoms with Gasteiger partial charge in [-0.3, -0.25) is 4.79 Å². The minimum absolute atomic E-state index is 0.101. The van der Waals surface area contributed by atoms with Crippen molar-refractivity contribution in [1.29, 1.82) is 0 Å². The lowest BCUT2D eigenvalue weighted by atomic mass is 9.84. The van der Waals surface area contributed by atoms with Crippen molar-refractivity contribution in [2.45, 2.75) is 39.0 Å². The van der Waals surface area contributed by atoms with Crippen molar-refractivity contribution in [3.63, 3.8) is 0 Å². The maximum atomic E-state index is 12.2. The minimum Gasteiger partial charge on any atom is -0.357 e. The molecule has 1 aromatic rings. The first-order valence-corrected chi connectivity index (χ1v) is 9.36. The molecular weight excluding hydrogens is 336 g/mol. The van der Waals surface area contributed by atoms with E-state index in [1.807, 2.05) is 30.0 Å². The summed E-state index contributed by atoms with van der Waals surface area (Å²) in [5.74, 6) is 0.772. The molecule has 0 aliphatic carbocycles. The minimum atomic E-state index is -0.111. The van der Waals surface area contributed by atoms with E-state index in [0.29, 0.717) is 12.5 Å². The number of nitrogens with zero attached hydrogens (tertiary/aromatic N) is 2. The molecule has 1 aliphatic rings. The van der Waals surface area contributed by atoms with Crippen molar-refractivity contribution < 1.29 is 4.79 Å². The van der Waals surface area contributed by atoms with Crippen LogP contribution < -0.4 is 10.6 Å². The summed E-state index contributed by atoms with van der Waals surface area (Å²) in [5, 5.41) is 7.29. The van der Waals surface area contributed by atoms with Crippen LogP contribution in [0.3, 0.4) is 0 Å². The van der Waals surface area contributed by atoms with Gasteiger partial charge in [-0.25, -0.2) is 4.99 Å². The van der Waals surface area contributed by atoms with Gasteiger partial charge >= 0.3 is 0 Å². The molecule has 0 atom stereocenters. The number of carbonyl (C=O) groups excluding carboxylic acids is 1. The quantitative estimate of drug-likeness (QED) is 0.602. The van der Waals surface area contributed by atoms with Crippen LogP contribution in [0.15, 0.2) is 29.3 Å². The lowest BCUT2D eigenvalue weighted by molar-refractivity contribution is -0.128. The summed E-state index contributed by atoms with van der Waals surface area (Å²) in [7, 11) is 0. The molecule has 25 heavy (non-hydrogen) atoms. The Kier molecular flexibility index (Phi) is 7.12. The lowest BCUT2D eigenvalue weighted by Crippen LogP contribution is -2.44. The zero-order valence-electron chi connectivity index (χ0n) is 15.4. The van der Waals surface area contributed by atoms with E-state index in [1.165, 1.54) is 0 Å². The first-order valence-electron chi connectivity index (χ1n) is 8.98. The fourth-order valence-electron chi connectivity index (χ4n) is 2.87. The van der Waals surface area contributed by atoms with Crippen LogP contribution in [0, 0.1) is 0 Å². The van der Waals surface area contributed by atoms with E-state index in [2.05, 4.69) is 35.5 Å². The van der Waals surface area contributed by atoms with Gasteiger partial charge in [0.1, 0.15) is 6.54 Å². The fourth-order valence-corrected chi connectivity index (χ4v) is 3.06. The number of benzene rings is 1. The number of aliphatic imine (C=N–C) groups is 1. The predicted molar refractivity (Wildman–Crippen MR) is 104 cm³/mol. The van der Waals surface area contributed by atoms with Crippen molar-refractivity contribution in [3.8, 4) is 0 Å². The number of likely N-dealkylation sites (tertiary alicyclic amines) is 1. The zero-order chi connectivity index (χ0) is 18.3. The molecule has 0 spiro atoms. The number of amides is 1. The Bertz CT molecular complexity index is 609. The third-order valence-electron chi connectivity index (χ3n) is 4.48. The van der Waals surface area contributed by atoms with Crippen LogP contribution in [0.25, 0.3) is 0 Å². The van der Waals surface area contributed by atoms with E-state index in [0.717, 1.165) is 43.1 Å². The van der Waals surface area contributed by atoms with Gasteiger partial charge in [0.2, 0.25) is 5.91 Å². The molecule has 6 heteroatoms. The van der Waals surface area contributed by atoms with Crippen LogP contribution in [0.2, 0.25) is 5.02 Å². The maximum absolute atomic E-state index is 12.2. The molecule has 1 heterocycles. The van der Waals surface area contributed by atoms with Gasteiger partial charge in [-0.2, -0.15) is 0 Å². The summed E-state index contributed by atoms with van der Waals surface area (Å²) in [6.07, 6.45) is 2.20. The fraction of sp³-hybridized carbons (Fsp3) is 0.579. The van der Waals surface area contributed by atoms with Crippen molar-refractivity contribution in [2.75, 3.05) is 32.7 Å². The van der Waals surface area contributed by atoms with E-state index in [-0.39, 0.29) is 17.9 Å². The van der Waals surface area contributed by atoms with Gasteiger partial charge in [0.05, 0.1) is 0 Å². The van der Waals surface area contributed by atoms with Gasteiger partial charge in [-0.05, 0) is 37.5 Å². The van der Waals surface area contributed by atoms with Crippen molar-refractivity contribution in [2.24, 2.45) is 4.99 Å². The molecule has 1 fully saturated rings. The molecule has 138 valence electrons. The van der Waals surface area contributed by atoms with Gasteiger partial charge < -0.3 is 15.5 Å². The molecule has 0 aromatic heterocycles. The van der Waals surface area contributed by atoms with Crippen molar-refractivity contribution in [3.05, 3.63) is 34.9 Å². The highest BCUT2D eigenvalue weighted by atomic mass is 35.5. The highest BCUT2D eigenvalue weighted by molar-refractivity contribution is 6.30. The molecule has 2 N–H and O–H groups in total. The predicted octanol–water partition coefficient (Wildman–Crippen LogP) is 2.80. The van der Waals surface area contributed by atoms with Crippen LogP contribution >= 0.6 is 11.6 Å². The number of guanidine groups is 1. The summed E-state index contributed by atoms with van der Waals surface area (Å²) in [6.45, 7) is 9.68. The van der Waals surface area contributed by atoms with E-state index in [4.69, 9.17) is 11.6 Å². The maximum Gasteiger partial charge on any atom is 0.244 e. The molecule has 1 amide bonds. The average Bonchev–Trinajstić information content (AvgIpc) is 3.12. The molecule has 2 rings (SSSR count). The highest BCUT2D eigenvalue weighted by Gasteiger charge is 2.22. The van der Waals surface area contributed by atoms with E-state index in [9.17, 15) is 4.79 Å². The molecule has 1 aromatic carbocycles. The first kappa shape index (κ1) is 19.6. The summed E-state index contributed by atoms with van der Waals surface area (Å²) < 4.78 is 0. The SMILES string of the molecule is CCNC(=NCC(=O)N1CCCC1)NCC(C)(C)c1cccc(Cl)c1. The Balaban J connectivity index is 1.95. The molecule has 5 nitrogen and oxygen atoms in total. The summed E-state index contributed by atoms with van der Waals surface area (Å²) in [6, 6.07) is 7.91. The molecule has 0 bridgehead atoms. The summed E-state index contributed by atoms with van der Waals surface area (Å²) in [4.78, 5) is 18.5. The van der Waals surface area contributed by atoms with Gasteiger partial charge in [-0.1, -0.05) is 37.6 Å². The van der Waals surface area contributed by atoms with Crippen molar-refractivity contribution >= 4 is 23.5 Å². The number of carbonyl (C=O) groups is 1. The standard InChI is InChI=1S/C19H29ClN4O/c1-4-21-18(22-13-17(25)24-10-5-6-11-24)23-14-19(2,3)15-8-7-9-16(20)12-15/h7-9,12H,4-6,10-11,13-14H2,1-3H3,(H2,21,22,23). The first-order chi connectivity index (χ1) is 11.9. The normalized spacial score (nSPS) is 15.4. The number of hydrogen-bond acceptors (Lipinski definition) is 2. The largest absolute Gasteiger partial charge is 0.357 e. The van der Waals surface area contributed by atoms with E-state index < -0.39 is 0 Å². The highest BCUT2D eigenvalue weighted by Crippen LogP contribution is 2.24. The van der Waals surface area contributed by atoms with Crippen LogP contribution in [0.1, 0.15) is 39.2 Å². The molecule has 0 radical (unpaired) electrons. The number of halogens is 1. The van der Waals surface area contributed by atoms with Gasteiger partial charge in [0.15, 0.2) is 5.96 Å². The molecular formula is C19H29ClN4O. The third-order valence-corrected chi connectivity index (χ3v) is 4.71. The van der Waals surface area contributed by atoms with Gasteiger partial charge in [0, 0.05) is 36.6 Å². The molecule has 1 saturated heterocycles. The monoisotopic (exact) mass is 364 g/mol. The van der Waals surface area contributed by atoms with E-state index >= 15 is 0 Å². The smallest absolute Gasteiger partial charge is 0.244 e. The Morgan fingerprint density at radius 3 is 2.64 bits per heavy atom. The number of hydrogen-bond donors (Lipinski definition) is 2. The number of rotatable bonds is 6. The lowest BCUT2D eigenvalue weighted by Gasteiger charge is -2.27. The molecule has 0 saturated carbocycles. The van der Waals surface area contributed by atoms with Crippen LogP contribution in [0.4, 0.5) is 0 Å². The summed E-state index contributed by atoms with van der Waals surface area (Å²) in [5.41, 5.74) is 1.05. The second kappa shape index (κ2) is 9.09. The Hall–Kier alpha value is -1.75. The van der Waals surface area contributed by atoms with E-state index in [1.54, 1.807) is 0 Å². The topological polar surface area (TPSA) is 56.7 Å². The van der Waals surface area contributed by atoms with Crippen LogP contribution in [-0.2, 0) is 10.2 Å².